The molecule has 0 spiro atoms. The van der Waals surface area contributed by atoms with Crippen LogP contribution in [0.1, 0.15) is 39.0 Å². The highest BCUT2D eigenvalue weighted by molar-refractivity contribution is 6.30. The van der Waals surface area contributed by atoms with Gasteiger partial charge in [-0.2, -0.15) is 0 Å². The van der Waals surface area contributed by atoms with Crippen LogP contribution >= 0.6 is 11.6 Å². The monoisotopic (exact) mass is 404 g/mol. The van der Waals surface area contributed by atoms with E-state index in [4.69, 9.17) is 16.3 Å². The molecule has 1 saturated heterocycles. The summed E-state index contributed by atoms with van der Waals surface area (Å²) in [4.78, 5) is 31.9. The van der Waals surface area contributed by atoms with Crippen molar-refractivity contribution in [3.63, 3.8) is 0 Å². The number of benzene rings is 1. The van der Waals surface area contributed by atoms with Gasteiger partial charge in [-0.15, -0.1) is 0 Å². The summed E-state index contributed by atoms with van der Waals surface area (Å²) in [5, 5.41) is 0.729. The van der Waals surface area contributed by atoms with E-state index in [1.165, 1.54) is 4.90 Å². The number of anilines is 1. The second-order valence-electron chi connectivity index (χ2n) is 7.16. The second-order valence-corrected chi connectivity index (χ2v) is 7.60. The Bertz CT molecular complexity index is 870. The number of halogens is 1. The first-order chi connectivity index (χ1) is 13.4. The van der Waals surface area contributed by atoms with Crippen molar-refractivity contribution in [1.29, 1.82) is 0 Å². The molecule has 3 rings (SSSR count). The topological polar surface area (TPSA) is 66.8 Å². The number of H-pyrrole nitrogens is 1. The number of carbonyl (C=O) groups is 2. The minimum absolute atomic E-state index is 0.0175. The van der Waals surface area contributed by atoms with Crippen LogP contribution in [0.15, 0.2) is 24.3 Å². The van der Waals surface area contributed by atoms with Crippen molar-refractivity contribution in [2.45, 2.75) is 20.8 Å². The highest BCUT2D eigenvalue weighted by atomic mass is 35.5. The van der Waals surface area contributed by atoms with Gasteiger partial charge in [-0.05, 0) is 39.0 Å². The number of nitrogens with zero attached hydrogens (tertiary/aromatic N) is 1. The second kappa shape index (κ2) is 8.80. The number of carbonyl (C=O) groups excluding carboxylic acids is 2. The Kier molecular flexibility index (Phi) is 6.42. The van der Waals surface area contributed by atoms with Crippen LogP contribution in [0.4, 0.5) is 5.69 Å². The molecule has 0 aliphatic carbocycles. The number of rotatable bonds is 6. The molecule has 6 nitrogen and oxygen atoms in total. The Morgan fingerprint density at radius 2 is 1.86 bits per heavy atom. The van der Waals surface area contributed by atoms with Crippen molar-refractivity contribution in [3.8, 4) is 0 Å². The molecule has 0 unspecified atom stereocenters. The van der Waals surface area contributed by atoms with Crippen molar-refractivity contribution < 1.29 is 19.2 Å². The molecule has 1 aromatic carbocycles. The van der Waals surface area contributed by atoms with Gasteiger partial charge in [-0.1, -0.05) is 17.7 Å². The normalized spacial score (nSPS) is 14.9. The van der Waals surface area contributed by atoms with Crippen LogP contribution in [0, 0.1) is 13.8 Å². The van der Waals surface area contributed by atoms with E-state index in [1.54, 1.807) is 13.8 Å². The zero-order valence-corrected chi connectivity index (χ0v) is 17.4. The highest BCUT2D eigenvalue weighted by Crippen LogP contribution is 2.21. The third-order valence-electron chi connectivity index (χ3n) is 5.19. The molecule has 2 heterocycles. The van der Waals surface area contributed by atoms with Gasteiger partial charge < -0.3 is 19.5 Å². The maximum atomic E-state index is 13.0. The first kappa shape index (κ1) is 20.4. The molecule has 28 heavy (non-hydrogen) atoms. The number of aromatic nitrogens is 1. The summed E-state index contributed by atoms with van der Waals surface area (Å²) in [6.45, 7) is 9.48. The molecule has 7 heteroatoms. The van der Waals surface area contributed by atoms with E-state index in [2.05, 4.69) is 16.0 Å². The average molecular weight is 405 g/mol. The Balaban J connectivity index is 1.66. The summed E-state index contributed by atoms with van der Waals surface area (Å²) in [7, 11) is 0. The van der Waals surface area contributed by atoms with Crippen LogP contribution in [-0.4, -0.2) is 56.1 Å². The number of piperazine rings is 1. The summed E-state index contributed by atoms with van der Waals surface area (Å²) < 4.78 is 5.14. The van der Waals surface area contributed by atoms with Crippen LogP contribution in [0.3, 0.4) is 0 Å². The molecule has 0 radical (unpaired) electrons. The van der Waals surface area contributed by atoms with Crippen molar-refractivity contribution >= 4 is 29.0 Å². The quantitative estimate of drug-likeness (QED) is 0.571. The lowest BCUT2D eigenvalue weighted by Gasteiger charge is -2.33. The van der Waals surface area contributed by atoms with Gasteiger partial charge in [0, 0.05) is 22.1 Å². The van der Waals surface area contributed by atoms with E-state index in [0.717, 1.165) is 42.6 Å². The lowest BCUT2D eigenvalue weighted by molar-refractivity contribution is -0.892. The number of aromatic amines is 1. The Morgan fingerprint density at radius 3 is 2.50 bits per heavy atom. The van der Waals surface area contributed by atoms with Gasteiger partial charge in [0.05, 0.1) is 43.9 Å². The number of ether oxygens (including phenoxy) is 1. The van der Waals surface area contributed by atoms with Crippen molar-refractivity contribution in [3.05, 3.63) is 51.8 Å². The average Bonchev–Trinajstić information content (AvgIpc) is 2.96. The van der Waals surface area contributed by atoms with E-state index in [0.29, 0.717) is 23.4 Å². The lowest BCUT2D eigenvalue weighted by Crippen LogP contribution is -3.15. The van der Waals surface area contributed by atoms with Crippen LogP contribution in [0.5, 0.6) is 0 Å². The predicted octanol–water partition coefficient (Wildman–Crippen LogP) is 2.05. The maximum absolute atomic E-state index is 13.0. The Morgan fingerprint density at radius 1 is 1.18 bits per heavy atom. The van der Waals surface area contributed by atoms with Crippen LogP contribution in [0.25, 0.3) is 0 Å². The van der Waals surface area contributed by atoms with Crippen LogP contribution in [-0.2, 0) is 4.74 Å². The number of esters is 1. The van der Waals surface area contributed by atoms with E-state index in [-0.39, 0.29) is 12.4 Å². The van der Waals surface area contributed by atoms with Gasteiger partial charge in [0.1, 0.15) is 6.54 Å². The van der Waals surface area contributed by atoms with E-state index in [9.17, 15) is 9.59 Å². The van der Waals surface area contributed by atoms with E-state index >= 15 is 0 Å². The van der Waals surface area contributed by atoms with Gasteiger partial charge in [-0.3, -0.25) is 4.79 Å². The minimum atomic E-state index is -0.437. The summed E-state index contributed by atoms with van der Waals surface area (Å²) in [6.07, 6.45) is 0. The molecular weight excluding hydrogens is 378 g/mol. The largest absolute Gasteiger partial charge is 0.462 e. The van der Waals surface area contributed by atoms with E-state index in [1.807, 2.05) is 25.1 Å². The molecule has 1 fully saturated rings. The van der Waals surface area contributed by atoms with Gasteiger partial charge in [0.15, 0.2) is 0 Å². The number of ketones is 1. The number of hydrogen-bond donors (Lipinski definition) is 2. The fourth-order valence-electron chi connectivity index (χ4n) is 3.83. The van der Waals surface area contributed by atoms with Crippen molar-refractivity contribution in [2.75, 3.05) is 44.2 Å². The summed E-state index contributed by atoms with van der Waals surface area (Å²) in [5.41, 5.74) is 3.37. The van der Waals surface area contributed by atoms with Crippen LogP contribution in [0.2, 0.25) is 5.02 Å². The number of Topliss-reactive ketones (excluding diaryl/α,β-unsaturated/α-hetero) is 1. The molecule has 0 atom stereocenters. The maximum Gasteiger partial charge on any atom is 0.340 e. The smallest absolute Gasteiger partial charge is 0.340 e. The summed E-state index contributed by atoms with van der Waals surface area (Å²) >= 11 is 6.09. The standard InChI is InChI=1S/C21H26ClN3O3/c1-4-28-21(27)20-15(3)23-14(2)19(20)18(26)13-24-8-10-25(11-9-24)17-7-5-6-16(22)12-17/h5-7,12,23H,4,8-11,13H2,1-3H3/p+1. The van der Waals surface area contributed by atoms with E-state index < -0.39 is 5.97 Å². The molecule has 1 aliphatic rings. The molecule has 0 bridgehead atoms. The minimum Gasteiger partial charge on any atom is -0.462 e. The first-order valence-corrected chi connectivity index (χ1v) is 10.0. The van der Waals surface area contributed by atoms with Gasteiger partial charge >= 0.3 is 5.97 Å². The SMILES string of the molecule is CCOC(=O)c1c(C)[nH]c(C)c1C(=O)C[NH+]1CCN(c2cccc(Cl)c2)CC1. The molecule has 0 saturated carbocycles. The van der Waals surface area contributed by atoms with Gasteiger partial charge in [-0.25, -0.2) is 4.79 Å². The third-order valence-corrected chi connectivity index (χ3v) is 5.42. The number of aryl methyl sites for hydroxylation is 2. The molecule has 1 aromatic heterocycles. The molecule has 1 aliphatic heterocycles. The fraction of sp³-hybridized carbons (Fsp3) is 0.429. The third kappa shape index (κ3) is 4.39. The summed E-state index contributed by atoms with van der Waals surface area (Å²) in [6, 6.07) is 7.84. The van der Waals surface area contributed by atoms with Crippen molar-refractivity contribution in [2.24, 2.45) is 0 Å². The zero-order chi connectivity index (χ0) is 20.3. The number of nitrogens with one attached hydrogen (secondary N) is 2. The molecule has 150 valence electrons. The molecule has 2 aromatic rings. The van der Waals surface area contributed by atoms with Crippen LogP contribution < -0.4 is 9.80 Å². The van der Waals surface area contributed by atoms with Gasteiger partial charge in [0.25, 0.3) is 0 Å². The highest BCUT2D eigenvalue weighted by Gasteiger charge is 2.29. The zero-order valence-electron chi connectivity index (χ0n) is 16.6. The molecule has 0 amide bonds. The predicted molar refractivity (Wildman–Crippen MR) is 110 cm³/mol. The molecular formula is C21H27ClN3O3+. The number of hydrogen-bond acceptors (Lipinski definition) is 4. The number of quaternary nitrogens is 1. The van der Waals surface area contributed by atoms with Crippen molar-refractivity contribution in [1.82, 2.24) is 4.98 Å². The fourth-order valence-corrected chi connectivity index (χ4v) is 4.02. The Labute approximate surface area is 170 Å². The Hall–Kier alpha value is -2.31. The summed E-state index contributed by atoms with van der Waals surface area (Å²) in [5.74, 6) is -0.454. The first-order valence-electron chi connectivity index (χ1n) is 9.64. The lowest BCUT2D eigenvalue weighted by atomic mass is 10.0. The molecule has 2 N–H and O–H groups in total. The van der Waals surface area contributed by atoms with Gasteiger partial charge in [0.2, 0.25) is 5.78 Å².